The van der Waals surface area contributed by atoms with Crippen LogP contribution in [0.15, 0.2) is 36.4 Å². The second-order valence-corrected chi connectivity index (χ2v) is 11.1. The van der Waals surface area contributed by atoms with E-state index in [9.17, 15) is 9.90 Å². The Labute approximate surface area is 270 Å². The smallest absolute Gasteiger partial charge is 0.222 e. The van der Waals surface area contributed by atoms with Crippen LogP contribution in [0.3, 0.4) is 0 Å². The van der Waals surface area contributed by atoms with Gasteiger partial charge in [-0.05, 0) is 107 Å². The molecule has 0 fully saturated rings. The molecule has 0 saturated heterocycles. The van der Waals surface area contributed by atoms with E-state index in [1.807, 2.05) is 41.3 Å². The number of carbonyl (C=O) groups is 1. The van der Waals surface area contributed by atoms with Gasteiger partial charge in [-0.2, -0.15) is 0 Å². The van der Waals surface area contributed by atoms with E-state index >= 15 is 0 Å². The summed E-state index contributed by atoms with van der Waals surface area (Å²) in [5.74, 6) is 2.86. The van der Waals surface area contributed by atoms with Crippen LogP contribution in [0, 0.1) is 0 Å². The molecule has 0 saturated carbocycles. The maximum atomic E-state index is 13.1. The molecule has 0 aliphatic heterocycles. The number of hydrogen-bond acceptors (Lipinski definition) is 10. The normalized spacial score (nSPS) is 11.8. The maximum Gasteiger partial charge on any atom is 0.222 e. The molecule has 0 aromatic heterocycles. The van der Waals surface area contributed by atoms with Crippen molar-refractivity contribution in [2.24, 2.45) is 11.5 Å². The zero-order valence-corrected chi connectivity index (χ0v) is 27.9. The second-order valence-electron chi connectivity index (χ2n) is 11.1. The molecule has 0 aliphatic carbocycles. The molecule has 0 radical (unpaired) electrons. The van der Waals surface area contributed by atoms with Crippen LogP contribution < -0.4 is 35.7 Å². The number of nitrogens with two attached hydrogens (primary N) is 2. The van der Waals surface area contributed by atoms with Gasteiger partial charge in [-0.25, -0.2) is 0 Å². The van der Waals surface area contributed by atoms with Crippen LogP contribution in [0.1, 0.15) is 49.7 Å². The first-order valence-corrected chi connectivity index (χ1v) is 16.1. The number of benzene rings is 2. The standard InChI is InChI=1S/C34H57N5O6/c1-42-29-13-9-27(25-31(29)44-3)11-15-33(40)38(21-5-17-35)23-7-19-37-20-8-24-39(22-6-18-36)34(41)16-12-28-10-14-30(43-2)32(26-28)45-4/h9-10,13-14,25-26,33,37,40H,5-8,11-12,15-24,35-36H2,1-4H3. The Morgan fingerprint density at radius 2 is 1.22 bits per heavy atom. The SMILES string of the molecule is COc1ccc(CCC(=O)N(CCCN)CCCNCCCN(CCCN)C(O)CCc2ccc(OC)c(OC)c2)cc1OC. The van der Waals surface area contributed by atoms with Crippen molar-refractivity contribution in [3.63, 3.8) is 0 Å². The number of methoxy groups -OCH3 is 4. The third-order valence-corrected chi connectivity index (χ3v) is 7.85. The van der Waals surface area contributed by atoms with Gasteiger partial charge in [0, 0.05) is 32.6 Å². The lowest BCUT2D eigenvalue weighted by molar-refractivity contribution is -0.131. The van der Waals surface area contributed by atoms with E-state index in [1.165, 1.54) is 0 Å². The largest absolute Gasteiger partial charge is 0.493 e. The van der Waals surface area contributed by atoms with Crippen LogP contribution in [-0.4, -0.2) is 108 Å². The molecular weight excluding hydrogens is 574 g/mol. The van der Waals surface area contributed by atoms with E-state index in [0.29, 0.717) is 68.4 Å². The van der Waals surface area contributed by atoms with Crippen LogP contribution >= 0.6 is 0 Å². The minimum atomic E-state index is -0.550. The Morgan fingerprint density at radius 3 is 1.78 bits per heavy atom. The molecule has 45 heavy (non-hydrogen) atoms. The zero-order chi connectivity index (χ0) is 32.9. The van der Waals surface area contributed by atoms with Crippen molar-refractivity contribution in [2.75, 3.05) is 80.8 Å². The first-order chi connectivity index (χ1) is 21.9. The lowest BCUT2D eigenvalue weighted by atomic mass is 10.1. The topological polar surface area (TPSA) is 145 Å². The van der Waals surface area contributed by atoms with E-state index in [0.717, 1.165) is 69.4 Å². The summed E-state index contributed by atoms with van der Waals surface area (Å²) in [5, 5.41) is 14.5. The van der Waals surface area contributed by atoms with Crippen LogP contribution in [0.25, 0.3) is 0 Å². The number of hydrogen-bond donors (Lipinski definition) is 4. The third kappa shape index (κ3) is 13.8. The summed E-state index contributed by atoms with van der Waals surface area (Å²) >= 11 is 0. The Hall–Kier alpha value is -3.09. The number of rotatable bonds is 25. The molecule has 0 aliphatic rings. The van der Waals surface area contributed by atoms with E-state index in [4.69, 9.17) is 30.4 Å². The molecule has 6 N–H and O–H groups in total. The minimum Gasteiger partial charge on any atom is -0.493 e. The number of aryl methyl sites for hydroxylation is 2. The van der Waals surface area contributed by atoms with Crippen LogP contribution in [0.2, 0.25) is 0 Å². The molecule has 2 aromatic carbocycles. The van der Waals surface area contributed by atoms with Gasteiger partial charge >= 0.3 is 0 Å². The number of nitrogens with zero attached hydrogens (tertiary/aromatic N) is 2. The van der Waals surface area contributed by atoms with E-state index < -0.39 is 6.23 Å². The average molecular weight is 632 g/mol. The monoisotopic (exact) mass is 631 g/mol. The first-order valence-electron chi connectivity index (χ1n) is 16.1. The summed E-state index contributed by atoms with van der Waals surface area (Å²) in [7, 11) is 6.47. The highest BCUT2D eigenvalue weighted by atomic mass is 16.5. The fourth-order valence-corrected chi connectivity index (χ4v) is 5.23. The summed E-state index contributed by atoms with van der Waals surface area (Å²) in [6, 6.07) is 11.6. The van der Waals surface area contributed by atoms with Crippen molar-refractivity contribution >= 4 is 5.91 Å². The Morgan fingerprint density at radius 1 is 0.733 bits per heavy atom. The van der Waals surface area contributed by atoms with Crippen LogP contribution in [0.4, 0.5) is 0 Å². The van der Waals surface area contributed by atoms with Crippen LogP contribution in [0.5, 0.6) is 23.0 Å². The molecule has 1 unspecified atom stereocenters. The van der Waals surface area contributed by atoms with Gasteiger partial charge in [-0.15, -0.1) is 0 Å². The van der Waals surface area contributed by atoms with Gasteiger partial charge in [0.1, 0.15) is 6.23 Å². The Balaban J connectivity index is 1.75. The van der Waals surface area contributed by atoms with E-state index in [-0.39, 0.29) is 5.91 Å². The molecule has 0 bridgehead atoms. The maximum absolute atomic E-state index is 13.1. The van der Waals surface area contributed by atoms with Crippen molar-refractivity contribution in [1.82, 2.24) is 15.1 Å². The Kier molecular flexibility index (Phi) is 19.0. The minimum absolute atomic E-state index is 0.135. The fraction of sp³-hybridized carbons (Fsp3) is 0.618. The highest BCUT2D eigenvalue weighted by Gasteiger charge is 2.16. The summed E-state index contributed by atoms with van der Waals surface area (Å²) in [6.45, 7) is 5.67. The van der Waals surface area contributed by atoms with Gasteiger partial charge in [-0.1, -0.05) is 12.1 Å². The van der Waals surface area contributed by atoms with E-state index in [1.54, 1.807) is 28.4 Å². The van der Waals surface area contributed by atoms with E-state index in [2.05, 4.69) is 10.2 Å². The summed E-state index contributed by atoms with van der Waals surface area (Å²) < 4.78 is 21.4. The first kappa shape index (κ1) is 38.1. The van der Waals surface area contributed by atoms with Gasteiger partial charge in [0.15, 0.2) is 23.0 Å². The molecule has 1 amide bonds. The number of amides is 1. The summed E-state index contributed by atoms with van der Waals surface area (Å²) in [5.41, 5.74) is 13.6. The molecule has 2 rings (SSSR count). The highest BCUT2D eigenvalue weighted by Crippen LogP contribution is 2.29. The van der Waals surface area contributed by atoms with Gasteiger partial charge in [-0.3, -0.25) is 9.69 Å². The molecule has 11 heteroatoms. The lowest BCUT2D eigenvalue weighted by Gasteiger charge is -2.28. The van der Waals surface area contributed by atoms with Crippen molar-refractivity contribution in [3.05, 3.63) is 47.5 Å². The zero-order valence-electron chi connectivity index (χ0n) is 27.9. The predicted octanol–water partition coefficient (Wildman–Crippen LogP) is 2.80. The Bertz CT molecular complexity index is 1100. The lowest BCUT2D eigenvalue weighted by Crippen LogP contribution is -2.39. The quantitative estimate of drug-likeness (QED) is 0.0954. The van der Waals surface area contributed by atoms with Crippen molar-refractivity contribution < 1.29 is 28.8 Å². The average Bonchev–Trinajstić information content (AvgIpc) is 3.07. The third-order valence-electron chi connectivity index (χ3n) is 7.85. The van der Waals surface area contributed by atoms with Crippen molar-refractivity contribution in [1.29, 1.82) is 0 Å². The molecule has 1 atom stereocenters. The van der Waals surface area contributed by atoms with Crippen molar-refractivity contribution in [3.8, 4) is 23.0 Å². The molecule has 0 spiro atoms. The number of aliphatic hydroxyl groups excluding tert-OH is 1. The predicted molar refractivity (Wildman–Crippen MR) is 179 cm³/mol. The number of aliphatic hydroxyl groups is 1. The number of carbonyl (C=O) groups excluding carboxylic acids is 1. The summed E-state index contributed by atoms with van der Waals surface area (Å²) in [6.07, 6.45) is 5.24. The van der Waals surface area contributed by atoms with Gasteiger partial charge in [0.2, 0.25) is 5.91 Å². The number of ether oxygens (including phenoxy) is 4. The van der Waals surface area contributed by atoms with Gasteiger partial charge < -0.3 is 45.7 Å². The molecule has 2 aromatic rings. The van der Waals surface area contributed by atoms with Gasteiger partial charge in [0.05, 0.1) is 28.4 Å². The fourth-order valence-electron chi connectivity index (χ4n) is 5.23. The van der Waals surface area contributed by atoms with Gasteiger partial charge in [0.25, 0.3) is 0 Å². The van der Waals surface area contributed by atoms with Crippen LogP contribution in [-0.2, 0) is 17.6 Å². The highest BCUT2D eigenvalue weighted by molar-refractivity contribution is 5.76. The molecule has 11 nitrogen and oxygen atoms in total. The molecule has 254 valence electrons. The van der Waals surface area contributed by atoms with Crippen molar-refractivity contribution in [2.45, 2.75) is 57.6 Å². The molecular formula is C34H57N5O6. The number of nitrogens with one attached hydrogen (secondary N) is 1. The summed E-state index contributed by atoms with van der Waals surface area (Å²) in [4.78, 5) is 17.1. The second kappa shape index (κ2) is 22.4. The molecule has 0 heterocycles.